The van der Waals surface area contributed by atoms with Gasteiger partial charge in [0.15, 0.2) is 5.79 Å². The lowest BCUT2D eigenvalue weighted by Gasteiger charge is -2.62. The molecule has 7 heteroatoms. The molecule has 5 aliphatic rings. The van der Waals surface area contributed by atoms with Crippen molar-refractivity contribution in [2.75, 3.05) is 19.8 Å². The molecule has 1 aliphatic heterocycles. The highest BCUT2D eigenvalue weighted by Crippen LogP contribution is 2.70. The minimum absolute atomic E-state index is 0.0176. The molecule has 0 aromatic heterocycles. The molecule has 1 amide bonds. The number of hydrogen-bond donors (Lipinski definition) is 3. The molecule has 10 atom stereocenters. The van der Waals surface area contributed by atoms with E-state index in [4.69, 9.17) is 19.9 Å². The number of fused-ring (bicyclic) bond motifs is 6. The van der Waals surface area contributed by atoms with Gasteiger partial charge in [-0.25, -0.2) is 0 Å². The summed E-state index contributed by atoms with van der Waals surface area (Å²) in [5.41, 5.74) is 7.82. The number of nitrogens with one attached hydrogen (secondary N) is 1. The maximum atomic E-state index is 12.9. The van der Waals surface area contributed by atoms with Crippen LogP contribution in [-0.4, -0.2) is 54.3 Å². The van der Waals surface area contributed by atoms with Crippen molar-refractivity contribution < 1.29 is 24.1 Å². The van der Waals surface area contributed by atoms with Gasteiger partial charge in [-0.05, 0) is 98.0 Å². The Balaban J connectivity index is 0.943. The van der Waals surface area contributed by atoms with Crippen LogP contribution in [0.5, 0.6) is 0 Å². The summed E-state index contributed by atoms with van der Waals surface area (Å²) in [6.45, 7) is 7.01. The van der Waals surface area contributed by atoms with Gasteiger partial charge in [-0.3, -0.25) is 4.79 Å². The predicted octanol–water partition coefficient (Wildman–Crippen LogP) is 5.77. The molecular weight excluding hydrogens is 576 g/mol. The van der Waals surface area contributed by atoms with E-state index >= 15 is 0 Å². The van der Waals surface area contributed by atoms with Crippen LogP contribution in [0.25, 0.3) is 0 Å². The lowest BCUT2D eigenvalue weighted by Crippen LogP contribution is -2.59. The Bertz CT molecular complexity index is 1360. The molecule has 1 saturated heterocycles. The quantitative estimate of drug-likeness (QED) is 0.325. The third kappa shape index (κ3) is 5.85. The second kappa shape index (κ2) is 12.6. The van der Waals surface area contributed by atoms with Crippen LogP contribution >= 0.6 is 0 Å². The van der Waals surface area contributed by atoms with E-state index in [2.05, 4.69) is 31.3 Å². The molecule has 4 aliphatic carbocycles. The second-order valence-electron chi connectivity index (χ2n) is 15.9. The summed E-state index contributed by atoms with van der Waals surface area (Å²) >= 11 is 0. The highest BCUT2D eigenvalue weighted by molar-refractivity contribution is 5.81. The summed E-state index contributed by atoms with van der Waals surface area (Å²) < 4.78 is 19.5. The van der Waals surface area contributed by atoms with Crippen LogP contribution in [0.1, 0.15) is 82.8 Å². The predicted molar refractivity (Wildman–Crippen MR) is 177 cm³/mol. The van der Waals surface area contributed by atoms with E-state index in [-0.39, 0.29) is 29.4 Å². The van der Waals surface area contributed by atoms with Crippen molar-refractivity contribution in [1.29, 1.82) is 0 Å². The van der Waals surface area contributed by atoms with Crippen LogP contribution < -0.4 is 11.1 Å². The lowest BCUT2D eigenvalue weighted by atomic mass is 9.44. The third-order valence-electron chi connectivity index (χ3n) is 13.4. The summed E-state index contributed by atoms with van der Waals surface area (Å²) in [5, 5.41) is 14.7. The maximum Gasteiger partial charge on any atom is 0.237 e. The molecular formula is C39H54N2O5. The zero-order valence-corrected chi connectivity index (χ0v) is 27.8. The average molecular weight is 631 g/mol. The monoisotopic (exact) mass is 630 g/mol. The number of nitrogens with two attached hydrogens (primary N) is 1. The van der Waals surface area contributed by atoms with E-state index in [0.717, 1.165) is 50.5 Å². The van der Waals surface area contributed by atoms with Crippen LogP contribution in [0.3, 0.4) is 0 Å². The highest BCUT2D eigenvalue weighted by Gasteiger charge is 2.68. The zero-order valence-electron chi connectivity index (χ0n) is 27.8. The maximum absolute atomic E-state index is 12.9. The summed E-state index contributed by atoms with van der Waals surface area (Å²) in [6.07, 6.45) is 9.75. The second-order valence-corrected chi connectivity index (χ2v) is 15.9. The van der Waals surface area contributed by atoms with Gasteiger partial charge in [-0.2, -0.15) is 0 Å². The van der Waals surface area contributed by atoms with Crippen molar-refractivity contribution in [2.45, 2.75) is 108 Å². The fraction of sp³-hybridized carbons (Fsp3) is 0.667. The number of carbonyl (C=O) groups excluding carboxylic acids is 1. The Kier molecular flexibility index (Phi) is 8.86. The molecule has 0 bridgehead atoms. The molecule has 2 aromatic rings. The van der Waals surface area contributed by atoms with E-state index in [1.54, 1.807) is 0 Å². The van der Waals surface area contributed by atoms with Gasteiger partial charge in [0.05, 0.1) is 31.5 Å². The third-order valence-corrected chi connectivity index (χ3v) is 13.4. The van der Waals surface area contributed by atoms with Crippen molar-refractivity contribution in [2.24, 2.45) is 40.2 Å². The molecule has 250 valence electrons. The van der Waals surface area contributed by atoms with E-state index in [0.29, 0.717) is 49.9 Å². The number of rotatable bonds is 9. The van der Waals surface area contributed by atoms with Gasteiger partial charge in [-0.15, -0.1) is 0 Å². The Morgan fingerprint density at radius 1 is 0.957 bits per heavy atom. The fourth-order valence-corrected chi connectivity index (χ4v) is 10.7. The SMILES string of the molecule is C[C@]12CC[C@](O)(CNC(=O)[C@@H](N)Cc3ccccc3)C[C@@H]1CC[C@@H]1[C@@H]2CC[C@@]2(C)[C@H]1CCC21OCC(COCc2ccccc2)O1. The summed E-state index contributed by atoms with van der Waals surface area (Å²) in [7, 11) is 0. The summed E-state index contributed by atoms with van der Waals surface area (Å²) in [6, 6.07) is 19.6. The molecule has 46 heavy (non-hydrogen) atoms. The first-order valence-corrected chi connectivity index (χ1v) is 17.9. The van der Waals surface area contributed by atoms with Crippen molar-refractivity contribution in [3.05, 3.63) is 71.8 Å². The number of carbonyl (C=O) groups is 1. The van der Waals surface area contributed by atoms with Crippen molar-refractivity contribution in [1.82, 2.24) is 5.32 Å². The van der Waals surface area contributed by atoms with Crippen molar-refractivity contribution >= 4 is 5.91 Å². The Morgan fingerprint density at radius 2 is 1.67 bits per heavy atom. The van der Waals surface area contributed by atoms with Crippen LogP contribution in [-0.2, 0) is 32.0 Å². The molecule has 7 nitrogen and oxygen atoms in total. The number of ether oxygens (including phenoxy) is 3. The zero-order chi connectivity index (χ0) is 32.0. The molecule has 2 unspecified atom stereocenters. The molecule has 4 N–H and O–H groups in total. The van der Waals surface area contributed by atoms with Crippen molar-refractivity contribution in [3.63, 3.8) is 0 Å². The Morgan fingerprint density at radius 3 is 2.43 bits per heavy atom. The first-order valence-electron chi connectivity index (χ1n) is 17.9. The van der Waals surface area contributed by atoms with Crippen LogP contribution in [0.15, 0.2) is 60.7 Å². The van der Waals surface area contributed by atoms with Crippen molar-refractivity contribution in [3.8, 4) is 0 Å². The standard InChI is InChI=1S/C39H54N2O5/c1-36-19-20-38(43,26-41-35(42)34(40)21-27-9-5-3-6-10-27)22-29(36)13-14-31-32(36)15-17-37(2)33(31)16-18-39(37)45-25-30(46-39)24-44-23-28-11-7-4-8-12-28/h3-12,29-34,43H,13-26,40H2,1-2H3,(H,41,42)/t29-,30?,31+,32-,33-,34-,36-,37-,38+,39?/m0/s1. The first kappa shape index (κ1) is 32.3. The molecule has 5 fully saturated rings. The first-order chi connectivity index (χ1) is 22.1. The Labute approximate surface area is 274 Å². The van der Waals surface area contributed by atoms with Crippen LogP contribution in [0, 0.1) is 34.5 Å². The number of hydrogen-bond acceptors (Lipinski definition) is 6. The molecule has 0 radical (unpaired) electrons. The van der Waals surface area contributed by atoms with Gasteiger partial charge < -0.3 is 30.4 Å². The largest absolute Gasteiger partial charge is 0.388 e. The van der Waals surface area contributed by atoms with Gasteiger partial charge in [-0.1, -0.05) is 74.5 Å². The fourth-order valence-electron chi connectivity index (χ4n) is 10.7. The lowest BCUT2D eigenvalue weighted by molar-refractivity contribution is -0.257. The molecule has 7 rings (SSSR count). The van der Waals surface area contributed by atoms with Gasteiger partial charge >= 0.3 is 0 Å². The van der Waals surface area contributed by atoms with E-state index < -0.39 is 17.4 Å². The van der Waals surface area contributed by atoms with Gasteiger partial charge in [0.25, 0.3) is 0 Å². The van der Waals surface area contributed by atoms with Crippen LogP contribution in [0.4, 0.5) is 0 Å². The highest BCUT2D eigenvalue weighted by atomic mass is 16.8. The van der Waals surface area contributed by atoms with E-state index in [9.17, 15) is 9.90 Å². The molecule has 1 spiro atoms. The topological polar surface area (TPSA) is 103 Å². The average Bonchev–Trinajstić information content (AvgIpc) is 3.62. The number of aliphatic hydroxyl groups is 1. The molecule has 1 heterocycles. The molecule has 4 saturated carbocycles. The molecule has 2 aromatic carbocycles. The number of benzene rings is 2. The minimum Gasteiger partial charge on any atom is -0.388 e. The summed E-state index contributed by atoms with van der Waals surface area (Å²) in [4.78, 5) is 12.9. The number of amides is 1. The van der Waals surface area contributed by atoms with E-state index in [1.165, 1.54) is 18.4 Å². The van der Waals surface area contributed by atoms with Crippen LogP contribution in [0.2, 0.25) is 0 Å². The Hall–Kier alpha value is -2.29. The van der Waals surface area contributed by atoms with E-state index in [1.807, 2.05) is 48.5 Å². The summed E-state index contributed by atoms with van der Waals surface area (Å²) in [5.74, 6) is 1.71. The van der Waals surface area contributed by atoms with Gasteiger partial charge in [0, 0.05) is 18.4 Å². The van der Waals surface area contributed by atoms with Gasteiger partial charge in [0.1, 0.15) is 6.10 Å². The van der Waals surface area contributed by atoms with Gasteiger partial charge in [0.2, 0.25) is 5.91 Å². The smallest absolute Gasteiger partial charge is 0.237 e. The normalized spacial score (nSPS) is 40.6. The minimum atomic E-state index is -0.872.